The molecule has 1 atom stereocenters. The van der Waals surface area contributed by atoms with Crippen molar-refractivity contribution in [2.24, 2.45) is 0 Å². The first kappa shape index (κ1) is 15.5. The lowest BCUT2D eigenvalue weighted by Gasteiger charge is -2.17. The third kappa shape index (κ3) is 4.04. The normalized spacial score (nSPS) is 11.9. The lowest BCUT2D eigenvalue weighted by Crippen LogP contribution is -2.28. The number of hydrogen-bond donors (Lipinski definition) is 2. The molecule has 21 heavy (non-hydrogen) atoms. The lowest BCUT2D eigenvalue weighted by molar-refractivity contribution is 0.0937. The lowest BCUT2D eigenvalue weighted by atomic mass is 10.1. The van der Waals surface area contributed by atoms with E-state index in [2.05, 4.69) is 35.5 Å². The predicted octanol–water partition coefficient (Wildman–Crippen LogP) is 3.85. The van der Waals surface area contributed by atoms with E-state index >= 15 is 0 Å². The molecule has 2 N–H and O–H groups in total. The van der Waals surface area contributed by atoms with Crippen LogP contribution >= 0.6 is 11.3 Å². The zero-order valence-corrected chi connectivity index (χ0v) is 13.2. The highest BCUT2D eigenvalue weighted by Crippen LogP contribution is 2.22. The summed E-state index contributed by atoms with van der Waals surface area (Å²) in [7, 11) is 0. The van der Waals surface area contributed by atoms with Gasteiger partial charge in [0.2, 0.25) is 0 Å². The molecule has 1 unspecified atom stereocenters. The van der Waals surface area contributed by atoms with Crippen molar-refractivity contribution in [1.82, 2.24) is 10.3 Å². The van der Waals surface area contributed by atoms with Gasteiger partial charge in [-0.25, -0.2) is 4.98 Å². The summed E-state index contributed by atoms with van der Waals surface area (Å²) < 4.78 is 0. The second kappa shape index (κ2) is 7.78. The quantitative estimate of drug-likeness (QED) is 0.817. The third-order valence-electron chi connectivity index (χ3n) is 3.19. The molecule has 0 fully saturated rings. The van der Waals surface area contributed by atoms with E-state index in [9.17, 15) is 4.79 Å². The number of anilines is 1. The highest BCUT2D eigenvalue weighted by Gasteiger charge is 2.17. The summed E-state index contributed by atoms with van der Waals surface area (Å²) in [4.78, 5) is 17.9. The molecule has 0 aliphatic rings. The van der Waals surface area contributed by atoms with E-state index < -0.39 is 0 Å². The summed E-state index contributed by atoms with van der Waals surface area (Å²) in [5.41, 5.74) is 0.598. The molecular formula is C16H21N3OS. The highest BCUT2D eigenvalue weighted by molar-refractivity contribution is 7.10. The molecule has 0 saturated heterocycles. The molecule has 0 spiro atoms. The fourth-order valence-electron chi connectivity index (χ4n) is 2.07. The van der Waals surface area contributed by atoms with E-state index in [0.717, 1.165) is 19.4 Å². The number of nitrogens with one attached hydrogen (secondary N) is 2. The maximum absolute atomic E-state index is 12.5. The number of hydrogen-bond acceptors (Lipinski definition) is 4. The Morgan fingerprint density at radius 1 is 1.33 bits per heavy atom. The maximum atomic E-state index is 12.5. The van der Waals surface area contributed by atoms with Crippen molar-refractivity contribution in [3.8, 4) is 0 Å². The Balaban J connectivity index is 2.12. The number of aromatic nitrogens is 1. The van der Waals surface area contributed by atoms with Crippen molar-refractivity contribution in [3.63, 3.8) is 0 Å². The molecule has 0 bridgehead atoms. The van der Waals surface area contributed by atoms with Crippen molar-refractivity contribution < 1.29 is 4.79 Å². The van der Waals surface area contributed by atoms with Crippen molar-refractivity contribution in [1.29, 1.82) is 0 Å². The van der Waals surface area contributed by atoms with E-state index in [1.165, 1.54) is 4.88 Å². The Hall–Kier alpha value is -1.88. The van der Waals surface area contributed by atoms with E-state index in [0.29, 0.717) is 11.4 Å². The van der Waals surface area contributed by atoms with Gasteiger partial charge >= 0.3 is 0 Å². The maximum Gasteiger partial charge on any atom is 0.255 e. The second-order valence-electron chi connectivity index (χ2n) is 4.78. The fraction of sp³-hybridized carbons (Fsp3) is 0.375. The molecule has 2 rings (SSSR count). The number of pyridine rings is 1. The SMILES string of the molecule is CCCNc1ncccc1C(=O)NC(CC)c1cccs1. The molecule has 2 heterocycles. The Bertz CT molecular complexity index is 569. The van der Waals surface area contributed by atoms with Crippen LogP contribution in [0.15, 0.2) is 35.8 Å². The third-order valence-corrected chi connectivity index (χ3v) is 4.18. The molecule has 1 amide bonds. The van der Waals surface area contributed by atoms with Crippen LogP contribution in [-0.4, -0.2) is 17.4 Å². The number of amides is 1. The first-order valence-electron chi connectivity index (χ1n) is 7.29. The average molecular weight is 303 g/mol. The minimum atomic E-state index is -0.0815. The van der Waals surface area contributed by atoms with Gasteiger partial charge in [0.1, 0.15) is 5.82 Å². The summed E-state index contributed by atoms with van der Waals surface area (Å²) >= 11 is 1.66. The van der Waals surface area contributed by atoms with Crippen LogP contribution in [0.2, 0.25) is 0 Å². The van der Waals surface area contributed by atoms with Crippen LogP contribution in [0.1, 0.15) is 48.0 Å². The topological polar surface area (TPSA) is 54.0 Å². The van der Waals surface area contributed by atoms with Gasteiger partial charge in [-0.2, -0.15) is 0 Å². The Labute approximate surface area is 129 Å². The Morgan fingerprint density at radius 2 is 2.19 bits per heavy atom. The number of carbonyl (C=O) groups is 1. The van der Waals surface area contributed by atoms with E-state index in [4.69, 9.17) is 0 Å². The van der Waals surface area contributed by atoms with Crippen molar-refractivity contribution in [3.05, 3.63) is 46.3 Å². The van der Waals surface area contributed by atoms with Crippen LogP contribution in [-0.2, 0) is 0 Å². The van der Waals surface area contributed by atoms with Gasteiger partial charge in [0.25, 0.3) is 5.91 Å². The largest absolute Gasteiger partial charge is 0.369 e. The number of thiophene rings is 1. The summed E-state index contributed by atoms with van der Waals surface area (Å²) in [5.74, 6) is 0.569. The molecule has 5 heteroatoms. The van der Waals surface area contributed by atoms with Gasteiger partial charge in [-0.1, -0.05) is 19.9 Å². The molecule has 0 radical (unpaired) electrons. The van der Waals surface area contributed by atoms with E-state index in [-0.39, 0.29) is 11.9 Å². The first-order valence-corrected chi connectivity index (χ1v) is 8.17. The molecule has 2 aromatic rings. The monoisotopic (exact) mass is 303 g/mol. The molecular weight excluding hydrogens is 282 g/mol. The van der Waals surface area contributed by atoms with Gasteiger partial charge in [-0.15, -0.1) is 11.3 Å². The minimum absolute atomic E-state index is 0.0525. The molecule has 0 aliphatic heterocycles. The molecule has 0 saturated carbocycles. The van der Waals surface area contributed by atoms with E-state index in [1.54, 1.807) is 23.6 Å². The zero-order chi connectivity index (χ0) is 15.1. The van der Waals surface area contributed by atoms with Crippen molar-refractivity contribution in [2.45, 2.75) is 32.7 Å². The predicted molar refractivity (Wildman–Crippen MR) is 87.8 cm³/mol. The Morgan fingerprint density at radius 3 is 2.86 bits per heavy atom. The van der Waals surface area contributed by atoms with Gasteiger partial charge in [0.05, 0.1) is 11.6 Å². The molecule has 112 valence electrons. The van der Waals surface area contributed by atoms with Crippen LogP contribution in [0.25, 0.3) is 0 Å². The summed E-state index contributed by atoms with van der Waals surface area (Å²) in [5, 5.41) is 8.32. The molecule has 0 aromatic carbocycles. The molecule has 4 nitrogen and oxygen atoms in total. The van der Waals surface area contributed by atoms with Gasteiger partial charge in [-0.05, 0) is 36.4 Å². The minimum Gasteiger partial charge on any atom is -0.369 e. The number of rotatable bonds is 7. The first-order chi connectivity index (χ1) is 10.3. The average Bonchev–Trinajstić information content (AvgIpc) is 3.04. The van der Waals surface area contributed by atoms with Gasteiger partial charge < -0.3 is 10.6 Å². The zero-order valence-electron chi connectivity index (χ0n) is 12.4. The number of nitrogens with zero attached hydrogens (tertiary/aromatic N) is 1. The van der Waals surface area contributed by atoms with Gasteiger partial charge in [0, 0.05) is 17.6 Å². The van der Waals surface area contributed by atoms with Crippen molar-refractivity contribution >= 4 is 23.1 Å². The molecule has 0 aliphatic carbocycles. The fourth-order valence-corrected chi connectivity index (χ4v) is 2.93. The van der Waals surface area contributed by atoms with Gasteiger partial charge in [-0.3, -0.25) is 4.79 Å². The van der Waals surface area contributed by atoms with Crippen LogP contribution in [0, 0.1) is 0 Å². The molecule has 2 aromatic heterocycles. The smallest absolute Gasteiger partial charge is 0.255 e. The second-order valence-corrected chi connectivity index (χ2v) is 5.76. The summed E-state index contributed by atoms with van der Waals surface area (Å²) in [6.45, 7) is 4.96. The van der Waals surface area contributed by atoms with Crippen molar-refractivity contribution in [2.75, 3.05) is 11.9 Å². The van der Waals surface area contributed by atoms with Crippen LogP contribution in [0.5, 0.6) is 0 Å². The van der Waals surface area contributed by atoms with Gasteiger partial charge in [0.15, 0.2) is 0 Å². The van der Waals surface area contributed by atoms with E-state index in [1.807, 2.05) is 17.5 Å². The van der Waals surface area contributed by atoms with Crippen LogP contribution in [0.4, 0.5) is 5.82 Å². The Kier molecular flexibility index (Phi) is 5.75. The summed E-state index contributed by atoms with van der Waals surface area (Å²) in [6, 6.07) is 7.71. The van der Waals surface area contributed by atoms with Crippen LogP contribution in [0.3, 0.4) is 0 Å². The standard InChI is InChI=1S/C16H21N3OS/c1-3-9-17-15-12(7-5-10-18-15)16(20)19-13(4-2)14-8-6-11-21-14/h5-8,10-11,13H,3-4,9H2,1-2H3,(H,17,18)(H,19,20). The number of carbonyl (C=O) groups excluding carboxylic acids is 1. The van der Waals surface area contributed by atoms with Crippen LogP contribution < -0.4 is 10.6 Å². The highest BCUT2D eigenvalue weighted by atomic mass is 32.1. The summed E-state index contributed by atoms with van der Waals surface area (Å²) in [6.07, 6.45) is 3.56.